The van der Waals surface area contributed by atoms with Gasteiger partial charge in [0.2, 0.25) is 0 Å². The van der Waals surface area contributed by atoms with Crippen LogP contribution in [0, 0.1) is 17.8 Å². The van der Waals surface area contributed by atoms with Crippen LogP contribution in [0.3, 0.4) is 0 Å². The molecule has 4 bridgehead atoms. The van der Waals surface area contributed by atoms with Crippen molar-refractivity contribution in [3.8, 4) is 0 Å². The van der Waals surface area contributed by atoms with Gasteiger partial charge in [-0.3, -0.25) is 4.55 Å². The van der Waals surface area contributed by atoms with Crippen LogP contribution in [0.4, 0.5) is 22.0 Å². The highest BCUT2D eigenvalue weighted by molar-refractivity contribution is 7.88. The Kier molecular flexibility index (Phi) is 6.62. The van der Waals surface area contributed by atoms with E-state index < -0.39 is 61.4 Å². The predicted molar refractivity (Wildman–Crippen MR) is 98.8 cm³/mol. The van der Waals surface area contributed by atoms with Crippen molar-refractivity contribution in [3.63, 3.8) is 0 Å². The second kappa shape index (κ2) is 8.24. The number of carbonyl (C=O) groups is 1. The third-order valence-corrected chi connectivity index (χ3v) is 9.37. The summed E-state index contributed by atoms with van der Waals surface area (Å²) in [5, 5.41) is -5.32. The number of hydrogen-bond donors (Lipinski definition) is 1. The van der Waals surface area contributed by atoms with Gasteiger partial charge in [0.15, 0.2) is 0 Å². The molecule has 192 valence electrons. The first-order chi connectivity index (χ1) is 14.9. The molecule has 16 heteroatoms. The smallest absolute Gasteiger partial charge is 0.456 e. The Morgan fingerprint density at radius 3 is 1.79 bits per heavy atom. The van der Waals surface area contributed by atoms with Crippen molar-refractivity contribution in [3.05, 3.63) is 0 Å². The third-order valence-electron chi connectivity index (χ3n) is 6.48. The molecule has 0 aromatic heterocycles. The van der Waals surface area contributed by atoms with E-state index in [9.17, 15) is 43.6 Å². The molecule has 0 aromatic rings. The molecule has 1 atom stereocenters. The molecule has 0 radical (unpaired) electrons. The first-order valence-corrected chi connectivity index (χ1v) is 12.9. The number of rotatable bonds is 9. The van der Waals surface area contributed by atoms with Crippen molar-refractivity contribution in [1.82, 2.24) is 0 Å². The Balaban J connectivity index is 2.02. The first-order valence-electron chi connectivity index (χ1n) is 10.1. The van der Waals surface area contributed by atoms with Crippen molar-refractivity contribution in [2.45, 2.75) is 67.4 Å². The lowest BCUT2D eigenvalue weighted by Gasteiger charge is -2.55. The molecule has 9 nitrogen and oxygen atoms in total. The predicted octanol–water partition coefficient (Wildman–Crippen LogP) is 2.62. The lowest BCUT2D eigenvalue weighted by atomic mass is 9.56. The van der Waals surface area contributed by atoms with E-state index in [1.807, 2.05) is 0 Å². The minimum Gasteiger partial charge on any atom is -0.462 e. The molecule has 0 saturated heterocycles. The fourth-order valence-corrected chi connectivity index (χ4v) is 7.65. The van der Waals surface area contributed by atoms with Crippen LogP contribution in [0.5, 0.6) is 0 Å². The van der Waals surface area contributed by atoms with Gasteiger partial charge in [0.05, 0.1) is 11.4 Å². The van der Waals surface area contributed by atoms with Gasteiger partial charge >= 0.3 is 33.3 Å². The van der Waals surface area contributed by atoms with Gasteiger partial charge in [-0.1, -0.05) is 0 Å². The average Bonchev–Trinajstić information content (AvgIpc) is 2.62. The molecule has 0 aromatic carbocycles. The molecule has 4 saturated carbocycles. The maximum absolute atomic E-state index is 14.1. The second-order valence-electron chi connectivity index (χ2n) is 8.87. The highest BCUT2D eigenvalue weighted by atomic mass is 32.2. The number of carbonyl (C=O) groups excluding carboxylic acids is 1. The molecule has 4 aliphatic rings. The normalized spacial score (nSPS) is 31.9. The fourth-order valence-electron chi connectivity index (χ4n) is 5.43. The van der Waals surface area contributed by atoms with Gasteiger partial charge in [-0.2, -0.15) is 38.8 Å². The van der Waals surface area contributed by atoms with E-state index in [2.05, 4.69) is 13.7 Å². The van der Waals surface area contributed by atoms with Crippen LogP contribution in [0.15, 0.2) is 0 Å². The zero-order chi connectivity index (χ0) is 25.1. The van der Waals surface area contributed by atoms with Crippen molar-refractivity contribution in [2.24, 2.45) is 17.8 Å². The number of ether oxygens (including phenoxy) is 2. The third kappa shape index (κ3) is 4.60. The SMILES string of the molecule is CCOC(=O)C(OCC(F)(F)S(=O)(=O)O)(OS(=O)(=O)C12CC3CC(CC(C3)C1)C2)C(F)(F)F. The number of alkyl halides is 5. The summed E-state index contributed by atoms with van der Waals surface area (Å²) in [5.41, 5.74) is 0. The van der Waals surface area contributed by atoms with Crippen LogP contribution in [0.1, 0.15) is 45.4 Å². The summed E-state index contributed by atoms with van der Waals surface area (Å²) < 4.78 is 137. The Hall–Kier alpha value is -1.10. The maximum atomic E-state index is 14.1. The molecule has 4 rings (SSSR count). The molecule has 4 fully saturated rings. The summed E-state index contributed by atoms with van der Waals surface area (Å²) in [6.07, 6.45) is -4.06. The summed E-state index contributed by atoms with van der Waals surface area (Å²) in [7, 11) is -11.6. The number of esters is 1. The zero-order valence-electron chi connectivity index (χ0n) is 17.3. The highest BCUT2D eigenvalue weighted by Crippen LogP contribution is 2.59. The molecule has 1 N–H and O–H groups in total. The molecule has 0 heterocycles. The van der Waals surface area contributed by atoms with Gasteiger partial charge < -0.3 is 9.47 Å². The van der Waals surface area contributed by atoms with E-state index in [0.717, 1.165) is 6.92 Å². The molecule has 0 spiro atoms. The second-order valence-corrected chi connectivity index (χ2v) is 12.4. The van der Waals surface area contributed by atoms with Gasteiger partial charge in [-0.15, -0.1) is 0 Å². The van der Waals surface area contributed by atoms with E-state index >= 15 is 0 Å². The van der Waals surface area contributed by atoms with Gasteiger partial charge in [0, 0.05) is 0 Å². The van der Waals surface area contributed by atoms with E-state index in [4.69, 9.17) is 4.55 Å². The first kappa shape index (κ1) is 26.5. The fraction of sp³-hybridized carbons (Fsp3) is 0.941. The highest BCUT2D eigenvalue weighted by Gasteiger charge is 2.71. The standard InChI is InChI=1S/C17H23F5O9S2/c1-2-29-13(23)16(17(20,21)22,30-9-15(18,19)32(24,25)26)31-33(27,28)14-6-10-3-11(7-14)5-12(4-10)8-14/h10-12H,2-9H2,1H3,(H,24,25,26). The monoisotopic (exact) mass is 530 g/mol. The van der Waals surface area contributed by atoms with Gasteiger partial charge in [-0.05, 0) is 63.2 Å². The van der Waals surface area contributed by atoms with E-state index in [1.54, 1.807) is 0 Å². The Morgan fingerprint density at radius 1 is 0.970 bits per heavy atom. The molecule has 1 unspecified atom stereocenters. The summed E-state index contributed by atoms with van der Waals surface area (Å²) >= 11 is 0. The zero-order valence-corrected chi connectivity index (χ0v) is 18.9. The lowest BCUT2D eigenvalue weighted by molar-refractivity contribution is -0.347. The van der Waals surface area contributed by atoms with Gasteiger partial charge in [0.1, 0.15) is 6.61 Å². The number of hydrogen-bond acceptors (Lipinski definition) is 8. The Bertz CT molecular complexity index is 958. The molecule has 0 amide bonds. The van der Waals surface area contributed by atoms with Crippen molar-refractivity contribution >= 4 is 26.2 Å². The molecular weight excluding hydrogens is 507 g/mol. The van der Waals surface area contributed by atoms with Crippen LogP contribution in [-0.2, 0) is 38.7 Å². The van der Waals surface area contributed by atoms with E-state index in [1.165, 1.54) is 0 Å². The average molecular weight is 530 g/mol. The molecule has 33 heavy (non-hydrogen) atoms. The Morgan fingerprint density at radius 2 is 1.42 bits per heavy atom. The number of halogens is 5. The van der Waals surface area contributed by atoms with Crippen molar-refractivity contribution < 1.29 is 61.8 Å². The summed E-state index contributed by atoms with van der Waals surface area (Å²) in [4.78, 5) is 12.3. The van der Waals surface area contributed by atoms with E-state index in [0.29, 0.717) is 19.3 Å². The molecular formula is C17H23F5O9S2. The largest absolute Gasteiger partial charge is 0.462 e. The maximum Gasteiger partial charge on any atom is 0.456 e. The summed E-state index contributed by atoms with van der Waals surface area (Å²) in [6.45, 7) is -2.42. The summed E-state index contributed by atoms with van der Waals surface area (Å²) in [5.74, 6) is -7.65. The van der Waals surface area contributed by atoms with Crippen LogP contribution in [-0.4, -0.2) is 62.5 Å². The van der Waals surface area contributed by atoms with Gasteiger partial charge in [-0.25, -0.2) is 8.98 Å². The van der Waals surface area contributed by atoms with Crippen molar-refractivity contribution in [1.29, 1.82) is 0 Å². The summed E-state index contributed by atoms with van der Waals surface area (Å²) in [6, 6.07) is 0. The van der Waals surface area contributed by atoms with Crippen LogP contribution in [0.25, 0.3) is 0 Å². The quantitative estimate of drug-likeness (QED) is 0.157. The topological polar surface area (TPSA) is 133 Å². The minimum absolute atomic E-state index is 0.0275. The molecule has 4 aliphatic carbocycles. The Labute approximate surface area is 186 Å². The van der Waals surface area contributed by atoms with Crippen molar-refractivity contribution in [2.75, 3.05) is 13.2 Å². The van der Waals surface area contributed by atoms with Crippen LogP contribution < -0.4 is 0 Å². The lowest BCUT2D eigenvalue weighted by Crippen LogP contribution is -2.63. The minimum atomic E-state index is -6.27. The molecule has 0 aliphatic heterocycles. The van der Waals surface area contributed by atoms with Gasteiger partial charge in [0.25, 0.3) is 10.1 Å². The van der Waals surface area contributed by atoms with Crippen LogP contribution in [0.2, 0.25) is 0 Å². The van der Waals surface area contributed by atoms with Crippen LogP contribution >= 0.6 is 0 Å². The van der Waals surface area contributed by atoms with E-state index in [-0.39, 0.29) is 37.0 Å².